The molecular weight excluding hydrogens is 1220 g/mol. The van der Waals surface area contributed by atoms with E-state index in [0.29, 0.717) is 12.8 Å². The molecule has 14 heteroatoms. The summed E-state index contributed by atoms with van der Waals surface area (Å²) in [6.07, 6.45) is 75.7. The van der Waals surface area contributed by atoms with E-state index in [1.807, 2.05) is 6.08 Å². The summed E-state index contributed by atoms with van der Waals surface area (Å²) in [7, 11) is 0. The van der Waals surface area contributed by atoms with Crippen molar-refractivity contribution in [2.45, 2.75) is 428 Å². The van der Waals surface area contributed by atoms with Gasteiger partial charge < -0.3 is 65.1 Å². The van der Waals surface area contributed by atoms with Crippen LogP contribution in [0, 0.1) is 0 Å². The third-order valence-corrected chi connectivity index (χ3v) is 19.6. The summed E-state index contributed by atoms with van der Waals surface area (Å²) in [5, 5.41) is 87.6. The molecule has 2 heterocycles. The first kappa shape index (κ1) is 90.5. The molecule has 0 saturated carbocycles. The molecule has 9 N–H and O–H groups in total. The molecule has 97 heavy (non-hydrogen) atoms. The fourth-order valence-corrected chi connectivity index (χ4v) is 13.2. The van der Waals surface area contributed by atoms with Gasteiger partial charge >= 0.3 is 0 Å². The number of carbonyl (C=O) groups excluding carboxylic acids is 1. The van der Waals surface area contributed by atoms with Crippen molar-refractivity contribution in [2.75, 3.05) is 19.8 Å². The minimum atomic E-state index is -1.79. The van der Waals surface area contributed by atoms with Crippen LogP contribution in [0.2, 0.25) is 0 Å². The highest BCUT2D eigenvalue weighted by molar-refractivity contribution is 5.76. The molecule has 2 aliphatic heterocycles. The monoisotopic (exact) mass is 1370 g/mol. The van der Waals surface area contributed by atoms with Gasteiger partial charge in [-0.1, -0.05) is 337 Å². The average molecular weight is 1370 g/mol. The molecule has 2 saturated heterocycles. The molecule has 2 rings (SSSR count). The fourth-order valence-electron chi connectivity index (χ4n) is 13.2. The average Bonchev–Trinajstić information content (AvgIpc) is 0.794. The predicted molar refractivity (Wildman–Crippen MR) is 401 cm³/mol. The zero-order valence-corrected chi connectivity index (χ0v) is 62.1. The molecule has 566 valence electrons. The molecule has 0 aromatic carbocycles. The molecule has 14 nitrogen and oxygen atoms in total. The Labute approximate surface area is 593 Å². The highest BCUT2D eigenvalue weighted by Gasteiger charge is 2.51. The van der Waals surface area contributed by atoms with Crippen LogP contribution >= 0.6 is 0 Å². The van der Waals surface area contributed by atoms with Gasteiger partial charge in [-0.3, -0.25) is 4.79 Å². The first-order valence-electron chi connectivity index (χ1n) is 40.7. The molecule has 0 aromatic rings. The van der Waals surface area contributed by atoms with E-state index < -0.39 is 86.8 Å². The molecule has 12 atom stereocenters. The van der Waals surface area contributed by atoms with Gasteiger partial charge in [0.05, 0.1) is 32.0 Å². The summed E-state index contributed by atoms with van der Waals surface area (Å²) in [5.74, 6) is -0.248. The van der Waals surface area contributed by atoms with Crippen LogP contribution < -0.4 is 5.32 Å². The number of rotatable bonds is 68. The smallest absolute Gasteiger partial charge is 0.220 e. The number of unbranched alkanes of at least 4 members (excludes halogenated alkanes) is 45. The van der Waals surface area contributed by atoms with E-state index in [2.05, 4.69) is 79.9 Å². The molecule has 12 unspecified atom stereocenters. The minimum Gasteiger partial charge on any atom is -0.394 e. The molecule has 1 amide bonds. The lowest BCUT2D eigenvalue weighted by molar-refractivity contribution is -0.359. The summed E-state index contributed by atoms with van der Waals surface area (Å²) in [6.45, 7) is 2.81. The van der Waals surface area contributed by atoms with Crippen molar-refractivity contribution >= 4 is 5.91 Å². The third-order valence-electron chi connectivity index (χ3n) is 19.6. The standard InChI is InChI=1S/C83H151NO13/c1-3-5-7-9-11-13-15-17-19-21-23-25-27-29-30-31-32-33-34-35-36-37-38-39-40-41-42-43-45-47-49-51-53-55-57-59-61-63-65-67-75(88)84-71(70-94-82-80(93)78(91)81(74(69-86)96-82)97-83-79(92)77(90)76(89)73(68-85)95-83)72(87)66-64-62-60-58-56-54-52-50-48-46-44-28-26-24-22-20-18-16-14-12-10-8-6-4-2/h15,17,21,23,27,29,48,50,56,58,64,66,71-74,76-83,85-87,89-93H,3-14,16,18-20,22,24-26,28,30-47,49,51-55,57,59-63,65,67-70H2,1-2H3,(H,84,88)/b17-15-,23-21-,29-27-,50-48+,58-56+,66-64+. The second kappa shape index (κ2) is 66.7. The van der Waals surface area contributed by atoms with Crippen LogP contribution in [-0.2, 0) is 23.7 Å². The van der Waals surface area contributed by atoms with Crippen LogP contribution in [0.25, 0.3) is 0 Å². The zero-order chi connectivity index (χ0) is 70.1. The molecule has 0 aromatic heterocycles. The van der Waals surface area contributed by atoms with Gasteiger partial charge in [-0.05, 0) is 83.5 Å². The van der Waals surface area contributed by atoms with Crippen molar-refractivity contribution in [3.63, 3.8) is 0 Å². The fraction of sp³-hybridized carbons (Fsp3) is 0.843. The Bertz CT molecular complexity index is 1910. The van der Waals surface area contributed by atoms with Crippen LogP contribution in [0.1, 0.15) is 354 Å². The molecular formula is C83H151NO13. The molecule has 0 bridgehead atoms. The van der Waals surface area contributed by atoms with Crippen molar-refractivity contribution < 1.29 is 64.6 Å². The number of aliphatic hydroxyl groups is 8. The topological polar surface area (TPSA) is 228 Å². The number of ether oxygens (including phenoxy) is 4. The van der Waals surface area contributed by atoms with Gasteiger partial charge in [0.1, 0.15) is 48.8 Å². The maximum atomic E-state index is 13.4. The van der Waals surface area contributed by atoms with Crippen molar-refractivity contribution in [1.29, 1.82) is 0 Å². The molecule has 0 spiro atoms. The lowest BCUT2D eigenvalue weighted by Gasteiger charge is -2.46. The molecule has 0 radical (unpaired) electrons. The summed E-state index contributed by atoms with van der Waals surface area (Å²) in [6, 6.07) is -0.941. The summed E-state index contributed by atoms with van der Waals surface area (Å²) in [4.78, 5) is 13.4. The first-order valence-corrected chi connectivity index (χ1v) is 40.7. The van der Waals surface area contributed by atoms with Crippen molar-refractivity contribution in [1.82, 2.24) is 5.32 Å². The number of hydrogen-bond acceptors (Lipinski definition) is 13. The normalized spacial score (nSPS) is 22.5. The van der Waals surface area contributed by atoms with Crippen molar-refractivity contribution in [3.8, 4) is 0 Å². The predicted octanol–water partition coefficient (Wildman–Crippen LogP) is 18.5. The van der Waals surface area contributed by atoms with Gasteiger partial charge in [0.2, 0.25) is 5.91 Å². The maximum absolute atomic E-state index is 13.4. The van der Waals surface area contributed by atoms with Crippen LogP contribution in [0.4, 0.5) is 0 Å². The van der Waals surface area contributed by atoms with Crippen LogP contribution in [0.5, 0.6) is 0 Å². The Hall–Kier alpha value is -2.57. The number of nitrogens with one attached hydrogen (secondary N) is 1. The van der Waals surface area contributed by atoms with E-state index in [4.69, 9.17) is 18.9 Å². The Kier molecular flexibility index (Phi) is 62.2. The van der Waals surface area contributed by atoms with E-state index in [1.54, 1.807) is 6.08 Å². The largest absolute Gasteiger partial charge is 0.394 e. The summed E-state index contributed by atoms with van der Waals surface area (Å²) >= 11 is 0. The number of aliphatic hydroxyl groups excluding tert-OH is 8. The van der Waals surface area contributed by atoms with Crippen LogP contribution in [-0.4, -0.2) is 140 Å². The second-order valence-electron chi connectivity index (χ2n) is 28.5. The zero-order valence-electron chi connectivity index (χ0n) is 62.1. The molecule has 2 aliphatic rings. The van der Waals surface area contributed by atoms with Crippen LogP contribution in [0.15, 0.2) is 72.9 Å². The Balaban J connectivity index is 1.60. The maximum Gasteiger partial charge on any atom is 0.220 e. The molecule has 0 aliphatic carbocycles. The lowest BCUT2D eigenvalue weighted by atomic mass is 9.97. The van der Waals surface area contributed by atoms with E-state index >= 15 is 0 Å². The Morgan fingerprint density at radius 3 is 1.08 bits per heavy atom. The van der Waals surface area contributed by atoms with E-state index in [-0.39, 0.29) is 18.9 Å². The van der Waals surface area contributed by atoms with Crippen molar-refractivity contribution in [3.05, 3.63) is 72.9 Å². The lowest BCUT2D eigenvalue weighted by Crippen LogP contribution is -2.65. The number of amides is 1. The van der Waals surface area contributed by atoms with Crippen molar-refractivity contribution in [2.24, 2.45) is 0 Å². The van der Waals surface area contributed by atoms with E-state index in [9.17, 15) is 45.6 Å². The van der Waals surface area contributed by atoms with E-state index in [0.717, 1.165) is 57.8 Å². The van der Waals surface area contributed by atoms with Gasteiger partial charge in [-0.2, -0.15) is 0 Å². The van der Waals surface area contributed by atoms with Gasteiger partial charge in [0.25, 0.3) is 0 Å². The summed E-state index contributed by atoms with van der Waals surface area (Å²) in [5.41, 5.74) is 0. The van der Waals surface area contributed by atoms with Gasteiger partial charge in [0.15, 0.2) is 12.6 Å². The van der Waals surface area contributed by atoms with Crippen LogP contribution in [0.3, 0.4) is 0 Å². The second-order valence-corrected chi connectivity index (χ2v) is 28.5. The quantitative estimate of drug-likeness (QED) is 0.0204. The SMILES string of the molecule is CCCCCCC/C=C\C/C=C\C/C=C\CCCCCCCCCCCCCCCCCCCCCCCCCCC(=O)NC(COC1OC(CO)C(OC2OC(CO)C(O)C(O)C2O)C(O)C1O)C(O)/C=C/CC/C=C/CC/C=C/CCCCCCCCCCCCCCCC. The van der Waals surface area contributed by atoms with E-state index in [1.165, 1.54) is 263 Å². The van der Waals surface area contributed by atoms with Gasteiger partial charge in [0, 0.05) is 6.42 Å². The Morgan fingerprint density at radius 2 is 0.691 bits per heavy atom. The number of carbonyl (C=O) groups is 1. The Morgan fingerprint density at radius 1 is 0.371 bits per heavy atom. The highest BCUT2D eigenvalue weighted by atomic mass is 16.7. The minimum absolute atomic E-state index is 0.248. The number of hydrogen-bond donors (Lipinski definition) is 9. The molecule has 2 fully saturated rings. The highest BCUT2D eigenvalue weighted by Crippen LogP contribution is 2.30. The third kappa shape index (κ3) is 49.6. The van der Waals surface area contributed by atoms with Gasteiger partial charge in [-0.15, -0.1) is 0 Å². The van der Waals surface area contributed by atoms with Gasteiger partial charge in [-0.25, -0.2) is 0 Å². The summed E-state index contributed by atoms with van der Waals surface area (Å²) < 4.78 is 22.9. The number of allylic oxidation sites excluding steroid dienone is 11. The first-order chi connectivity index (χ1) is 47.6.